The fourth-order valence-corrected chi connectivity index (χ4v) is 4.95. The van der Waals surface area contributed by atoms with Gasteiger partial charge in [0.15, 0.2) is 0 Å². The third kappa shape index (κ3) is 13.8. The molecule has 0 unspecified atom stereocenters. The highest BCUT2D eigenvalue weighted by Crippen LogP contribution is 2.23. The van der Waals surface area contributed by atoms with Gasteiger partial charge < -0.3 is 15.1 Å². The van der Waals surface area contributed by atoms with Gasteiger partial charge in [0.2, 0.25) is 0 Å². The van der Waals surface area contributed by atoms with Crippen LogP contribution in [0.4, 0.5) is 11.4 Å². The van der Waals surface area contributed by atoms with Gasteiger partial charge in [-0.2, -0.15) is 0 Å². The van der Waals surface area contributed by atoms with E-state index in [1.807, 2.05) is 11.9 Å². The molecule has 0 atom stereocenters. The van der Waals surface area contributed by atoms with Crippen LogP contribution in [0.3, 0.4) is 0 Å². The molecule has 0 radical (unpaired) electrons. The van der Waals surface area contributed by atoms with Gasteiger partial charge in [-0.15, -0.1) is 0 Å². The van der Waals surface area contributed by atoms with Crippen LogP contribution in [0.5, 0.6) is 0 Å². The molecule has 1 aromatic rings. The summed E-state index contributed by atoms with van der Waals surface area (Å²) in [4.78, 5) is 29.1. The van der Waals surface area contributed by atoms with Crippen molar-refractivity contribution >= 4 is 11.4 Å². The summed E-state index contributed by atoms with van der Waals surface area (Å²) in [6.07, 6.45) is 19.1. The third-order valence-corrected chi connectivity index (χ3v) is 7.30. The van der Waals surface area contributed by atoms with Crippen molar-refractivity contribution < 1.29 is 0 Å². The molecule has 0 saturated carbocycles. The molecule has 0 spiro atoms. The molecule has 0 heterocycles. The Hall–Kier alpha value is -1.36. The number of anilines is 2. The summed E-state index contributed by atoms with van der Waals surface area (Å²) >= 11 is 0. The second-order valence-electron chi connectivity index (χ2n) is 12.1. The fourth-order valence-electron chi connectivity index (χ4n) is 4.95. The lowest BCUT2D eigenvalue weighted by Crippen LogP contribution is -2.42. The number of hydrogen-bond donors (Lipinski definition) is 1. The Bertz CT molecular complexity index is 730. The largest absolute Gasteiger partial charge is 0.380 e. The van der Waals surface area contributed by atoms with E-state index in [1.54, 1.807) is 0 Å². The van der Waals surface area contributed by atoms with Crippen LogP contribution < -0.4 is 21.1 Å². The molecule has 36 heavy (non-hydrogen) atoms. The second kappa shape index (κ2) is 18.8. The molecule has 0 aromatic heterocycles. The Morgan fingerprint density at radius 3 is 1.67 bits per heavy atom. The Morgan fingerprint density at radius 2 is 1.14 bits per heavy atom. The molecule has 0 fully saturated rings. The molecule has 1 aromatic carbocycles. The standard InChI is InChI=1S/C31H59N3O2/c1-7-9-11-13-15-17-24-34(25-18-16-14-12-10-8-2)26-20-22-32-27-28(30(36)29(27)35)33(6)23-19-21-31(3,4)5/h32H,7-26H2,1-6H3. The molecule has 0 saturated heterocycles. The number of rotatable bonds is 23. The number of unbranched alkanes of at least 4 members (excludes halogenated alkanes) is 10. The highest BCUT2D eigenvalue weighted by atomic mass is 16.2. The van der Waals surface area contributed by atoms with E-state index >= 15 is 0 Å². The Labute approximate surface area is 223 Å². The van der Waals surface area contributed by atoms with Crippen molar-refractivity contribution in [1.82, 2.24) is 4.90 Å². The van der Waals surface area contributed by atoms with Crippen LogP contribution in [0.1, 0.15) is 131 Å². The summed E-state index contributed by atoms with van der Waals surface area (Å²) in [5.41, 5.74) is 0.737. The van der Waals surface area contributed by atoms with Crippen molar-refractivity contribution in [3.63, 3.8) is 0 Å². The van der Waals surface area contributed by atoms with Crippen molar-refractivity contribution in [2.75, 3.05) is 50.0 Å². The maximum Gasteiger partial charge on any atom is 0.253 e. The van der Waals surface area contributed by atoms with E-state index in [0.717, 1.165) is 38.9 Å². The quantitative estimate of drug-likeness (QED) is 0.124. The lowest BCUT2D eigenvalue weighted by Gasteiger charge is -2.26. The van der Waals surface area contributed by atoms with E-state index in [0.29, 0.717) is 11.4 Å². The summed E-state index contributed by atoms with van der Waals surface area (Å²) in [5.74, 6) is 0. The van der Waals surface area contributed by atoms with Crippen LogP contribution >= 0.6 is 0 Å². The molecule has 0 aliphatic carbocycles. The molecule has 0 aliphatic heterocycles. The SMILES string of the molecule is CCCCCCCCN(CCCCCCCC)CCCNc1c(N(C)CCCC(C)(C)C)c(=O)c1=O. The van der Waals surface area contributed by atoms with Gasteiger partial charge in [-0.25, -0.2) is 0 Å². The van der Waals surface area contributed by atoms with Gasteiger partial charge in [0.25, 0.3) is 10.9 Å². The molecule has 1 rings (SSSR count). The predicted octanol–water partition coefficient (Wildman–Crippen LogP) is 7.37. The van der Waals surface area contributed by atoms with E-state index in [-0.39, 0.29) is 16.3 Å². The van der Waals surface area contributed by atoms with E-state index < -0.39 is 0 Å². The topological polar surface area (TPSA) is 52.6 Å². The van der Waals surface area contributed by atoms with Gasteiger partial charge in [0, 0.05) is 20.1 Å². The first-order valence-corrected chi connectivity index (χ1v) is 15.2. The summed E-state index contributed by atoms with van der Waals surface area (Å²) in [5, 5.41) is 3.31. The average Bonchev–Trinajstić information content (AvgIpc) is 2.83. The zero-order chi connectivity index (χ0) is 26.8. The van der Waals surface area contributed by atoms with Gasteiger partial charge >= 0.3 is 0 Å². The molecule has 1 N–H and O–H groups in total. The van der Waals surface area contributed by atoms with Crippen LogP contribution in [0.2, 0.25) is 0 Å². The fraction of sp³-hybridized carbons (Fsp3) is 0.871. The van der Waals surface area contributed by atoms with Crippen LogP contribution in [-0.2, 0) is 0 Å². The van der Waals surface area contributed by atoms with Crippen molar-refractivity contribution in [2.45, 2.75) is 131 Å². The minimum absolute atomic E-state index is 0.284. The highest BCUT2D eigenvalue weighted by molar-refractivity contribution is 5.74. The number of nitrogens with one attached hydrogen (secondary N) is 1. The molecule has 0 bridgehead atoms. The van der Waals surface area contributed by atoms with Crippen molar-refractivity contribution in [3.05, 3.63) is 20.4 Å². The van der Waals surface area contributed by atoms with E-state index in [4.69, 9.17) is 0 Å². The Balaban J connectivity index is 2.46. The Kier molecular flexibility index (Phi) is 17.1. The molecule has 210 valence electrons. The monoisotopic (exact) mass is 505 g/mol. The van der Waals surface area contributed by atoms with Crippen molar-refractivity contribution in [3.8, 4) is 0 Å². The highest BCUT2D eigenvalue weighted by Gasteiger charge is 2.24. The predicted molar refractivity (Wildman–Crippen MR) is 160 cm³/mol. The van der Waals surface area contributed by atoms with Gasteiger partial charge in [0.1, 0.15) is 11.4 Å². The third-order valence-electron chi connectivity index (χ3n) is 7.30. The zero-order valence-corrected chi connectivity index (χ0v) is 24.9. The molecular formula is C31H59N3O2. The van der Waals surface area contributed by atoms with Crippen molar-refractivity contribution in [2.24, 2.45) is 5.41 Å². The molecule has 5 heteroatoms. The maximum atomic E-state index is 12.2. The zero-order valence-electron chi connectivity index (χ0n) is 24.9. The van der Waals surface area contributed by atoms with Gasteiger partial charge in [-0.05, 0) is 57.2 Å². The minimum Gasteiger partial charge on any atom is -0.380 e. The Morgan fingerprint density at radius 1 is 0.639 bits per heavy atom. The summed E-state index contributed by atoms with van der Waals surface area (Å²) in [6.45, 7) is 16.2. The van der Waals surface area contributed by atoms with E-state index in [1.165, 1.54) is 90.1 Å². The van der Waals surface area contributed by atoms with Crippen LogP contribution in [0, 0.1) is 5.41 Å². The van der Waals surface area contributed by atoms with Crippen LogP contribution in [0.25, 0.3) is 0 Å². The van der Waals surface area contributed by atoms with Gasteiger partial charge in [-0.3, -0.25) is 9.59 Å². The smallest absolute Gasteiger partial charge is 0.253 e. The van der Waals surface area contributed by atoms with Crippen molar-refractivity contribution in [1.29, 1.82) is 0 Å². The number of hydrogen-bond acceptors (Lipinski definition) is 5. The number of nitrogens with zero attached hydrogens (tertiary/aromatic N) is 2. The lowest BCUT2D eigenvalue weighted by molar-refractivity contribution is 0.259. The summed E-state index contributed by atoms with van der Waals surface area (Å²) < 4.78 is 0. The average molecular weight is 506 g/mol. The summed E-state index contributed by atoms with van der Waals surface area (Å²) in [7, 11) is 1.94. The first kappa shape index (κ1) is 32.7. The van der Waals surface area contributed by atoms with E-state index in [2.05, 4.69) is 44.8 Å². The van der Waals surface area contributed by atoms with Crippen LogP contribution in [0.15, 0.2) is 9.59 Å². The van der Waals surface area contributed by atoms with Gasteiger partial charge in [0.05, 0.1) is 0 Å². The first-order valence-electron chi connectivity index (χ1n) is 15.2. The molecule has 0 aliphatic rings. The van der Waals surface area contributed by atoms with Gasteiger partial charge in [-0.1, -0.05) is 98.8 Å². The first-order chi connectivity index (χ1) is 17.2. The molecular weight excluding hydrogens is 446 g/mol. The normalized spacial score (nSPS) is 12.1. The summed E-state index contributed by atoms with van der Waals surface area (Å²) in [6, 6.07) is 0. The maximum absolute atomic E-state index is 12.2. The van der Waals surface area contributed by atoms with Crippen LogP contribution in [-0.4, -0.2) is 44.7 Å². The van der Waals surface area contributed by atoms with E-state index in [9.17, 15) is 9.59 Å². The minimum atomic E-state index is -0.344. The second-order valence-corrected chi connectivity index (χ2v) is 12.1. The molecule has 0 amide bonds. The lowest BCUT2D eigenvalue weighted by atomic mass is 9.90. The molecule has 5 nitrogen and oxygen atoms in total.